The highest BCUT2D eigenvalue weighted by molar-refractivity contribution is 6.01. The zero-order valence-corrected chi connectivity index (χ0v) is 11.7. The van der Waals surface area contributed by atoms with Gasteiger partial charge in [-0.25, -0.2) is 4.68 Å². The number of carbonyl (C=O) groups excluding carboxylic acids is 1. The van der Waals surface area contributed by atoms with Crippen LogP contribution in [0.4, 0.5) is 0 Å². The van der Waals surface area contributed by atoms with Gasteiger partial charge in [-0.2, -0.15) is 0 Å². The van der Waals surface area contributed by atoms with Crippen LogP contribution in [0.1, 0.15) is 43.1 Å². The van der Waals surface area contributed by atoms with Crippen LogP contribution in [-0.2, 0) is 7.05 Å². The fourth-order valence-electron chi connectivity index (χ4n) is 3.07. The second-order valence-corrected chi connectivity index (χ2v) is 5.70. The Kier molecular flexibility index (Phi) is 3.52. The topological polar surface area (TPSA) is 51.0 Å². The minimum Gasteiger partial charge on any atom is -0.297 e. The normalized spacial score (nSPS) is 28.6. The second-order valence-electron chi connectivity index (χ2n) is 5.70. The molecule has 0 amide bonds. The first-order chi connectivity index (χ1) is 8.47. The molecule has 0 aliphatic heterocycles. The molecule has 1 aromatic rings. The van der Waals surface area contributed by atoms with E-state index in [1.165, 1.54) is 6.42 Å². The molecule has 18 heavy (non-hydrogen) atoms. The van der Waals surface area contributed by atoms with E-state index < -0.39 is 0 Å². The fourth-order valence-corrected chi connectivity index (χ4v) is 3.07. The maximum Gasteiger partial charge on any atom is 0.202 e. The molecule has 0 saturated heterocycles. The molecular formula is C13H22N4O. The Labute approximate surface area is 108 Å². The highest BCUT2D eigenvalue weighted by Gasteiger charge is 2.44. The Morgan fingerprint density at radius 1 is 1.56 bits per heavy atom. The number of likely N-dealkylation sites (N-methyl/N-ethyl adjacent to an activating group) is 1. The summed E-state index contributed by atoms with van der Waals surface area (Å²) in [6, 6.07) is 0. The van der Waals surface area contributed by atoms with Gasteiger partial charge < -0.3 is 0 Å². The van der Waals surface area contributed by atoms with Gasteiger partial charge >= 0.3 is 0 Å². The van der Waals surface area contributed by atoms with Crippen molar-refractivity contribution in [3.63, 3.8) is 0 Å². The zero-order valence-electron chi connectivity index (χ0n) is 11.7. The van der Waals surface area contributed by atoms with Crippen molar-refractivity contribution in [1.29, 1.82) is 0 Å². The molecule has 0 bridgehead atoms. The fraction of sp³-hybridized carbons (Fsp3) is 0.769. The average Bonchev–Trinajstić information content (AvgIpc) is 2.74. The predicted octanol–water partition coefficient (Wildman–Crippen LogP) is 1.51. The molecule has 0 spiro atoms. The van der Waals surface area contributed by atoms with Crippen LogP contribution in [0.15, 0.2) is 6.20 Å². The van der Waals surface area contributed by atoms with E-state index >= 15 is 0 Å². The molecule has 1 saturated carbocycles. The molecular weight excluding hydrogens is 228 g/mol. The Morgan fingerprint density at radius 2 is 2.28 bits per heavy atom. The van der Waals surface area contributed by atoms with E-state index in [1.54, 1.807) is 17.9 Å². The molecule has 1 aliphatic carbocycles. The maximum atomic E-state index is 12.8. The van der Waals surface area contributed by atoms with Gasteiger partial charge in [0.1, 0.15) is 5.69 Å². The minimum atomic E-state index is -0.382. The smallest absolute Gasteiger partial charge is 0.202 e. The summed E-state index contributed by atoms with van der Waals surface area (Å²) in [6.45, 7) is 2.23. The summed E-state index contributed by atoms with van der Waals surface area (Å²) in [5, 5.41) is 7.69. The number of nitrogens with zero attached hydrogens (tertiary/aromatic N) is 4. The molecule has 1 aliphatic rings. The Morgan fingerprint density at radius 3 is 2.78 bits per heavy atom. The summed E-state index contributed by atoms with van der Waals surface area (Å²) >= 11 is 0. The quantitative estimate of drug-likeness (QED) is 0.763. The van der Waals surface area contributed by atoms with Crippen molar-refractivity contribution in [2.45, 2.75) is 38.1 Å². The van der Waals surface area contributed by atoms with Gasteiger partial charge in [0.05, 0.1) is 11.7 Å². The molecule has 5 heteroatoms. The van der Waals surface area contributed by atoms with Crippen LogP contribution in [0.3, 0.4) is 0 Å². The molecule has 1 aromatic heterocycles. The summed E-state index contributed by atoms with van der Waals surface area (Å²) in [6.07, 6.45) is 5.74. The summed E-state index contributed by atoms with van der Waals surface area (Å²) in [7, 11) is 5.77. The summed E-state index contributed by atoms with van der Waals surface area (Å²) in [5.74, 6) is 0.748. The van der Waals surface area contributed by atoms with Crippen molar-refractivity contribution in [1.82, 2.24) is 19.9 Å². The lowest BCUT2D eigenvalue weighted by molar-refractivity contribution is 0.0476. The SMILES string of the molecule is CC1CCCC(C(=O)c2cnnn2C)(N(C)C)C1. The molecule has 0 N–H and O–H groups in total. The summed E-state index contributed by atoms with van der Waals surface area (Å²) < 4.78 is 1.58. The molecule has 0 radical (unpaired) electrons. The van der Waals surface area contributed by atoms with Crippen LogP contribution in [0.25, 0.3) is 0 Å². The monoisotopic (exact) mass is 250 g/mol. The standard InChI is InChI=1S/C13H22N4O/c1-10-6-5-7-13(8-10,16(2)3)12(18)11-9-14-15-17(11)4/h9-10H,5-8H2,1-4H3. The third-order valence-electron chi connectivity index (χ3n) is 4.20. The highest BCUT2D eigenvalue weighted by atomic mass is 16.1. The Bertz CT molecular complexity index is 440. The van der Waals surface area contributed by atoms with Crippen LogP contribution < -0.4 is 0 Å². The minimum absolute atomic E-state index is 0.159. The average molecular weight is 250 g/mol. The Balaban J connectivity index is 2.36. The van der Waals surface area contributed by atoms with Gasteiger partial charge in [-0.3, -0.25) is 9.69 Å². The van der Waals surface area contributed by atoms with Gasteiger partial charge in [-0.05, 0) is 32.9 Å². The van der Waals surface area contributed by atoms with E-state index in [0.29, 0.717) is 11.6 Å². The van der Waals surface area contributed by atoms with E-state index in [-0.39, 0.29) is 11.3 Å². The zero-order chi connectivity index (χ0) is 13.3. The van der Waals surface area contributed by atoms with Crippen LogP contribution in [-0.4, -0.2) is 45.3 Å². The number of aromatic nitrogens is 3. The third kappa shape index (κ3) is 2.07. The highest BCUT2D eigenvalue weighted by Crippen LogP contribution is 2.37. The third-order valence-corrected chi connectivity index (χ3v) is 4.20. The largest absolute Gasteiger partial charge is 0.297 e. The van der Waals surface area contributed by atoms with Crippen molar-refractivity contribution >= 4 is 5.78 Å². The van der Waals surface area contributed by atoms with Gasteiger partial charge in [-0.15, -0.1) is 5.10 Å². The van der Waals surface area contributed by atoms with E-state index in [9.17, 15) is 4.79 Å². The van der Waals surface area contributed by atoms with E-state index in [0.717, 1.165) is 19.3 Å². The van der Waals surface area contributed by atoms with Gasteiger partial charge in [0.2, 0.25) is 5.78 Å². The van der Waals surface area contributed by atoms with Gasteiger partial charge in [0, 0.05) is 7.05 Å². The summed E-state index contributed by atoms with van der Waals surface area (Å²) in [5.41, 5.74) is 0.227. The number of carbonyl (C=O) groups is 1. The molecule has 2 unspecified atom stereocenters. The first-order valence-electron chi connectivity index (χ1n) is 6.54. The number of hydrogen-bond donors (Lipinski definition) is 0. The van der Waals surface area contributed by atoms with Crippen LogP contribution in [0.2, 0.25) is 0 Å². The first kappa shape index (κ1) is 13.2. The number of rotatable bonds is 3. The lowest BCUT2D eigenvalue weighted by Crippen LogP contribution is -2.54. The summed E-state index contributed by atoms with van der Waals surface area (Å²) in [4.78, 5) is 14.9. The van der Waals surface area contributed by atoms with E-state index in [2.05, 4.69) is 22.1 Å². The van der Waals surface area contributed by atoms with Gasteiger partial charge in [0.25, 0.3) is 0 Å². The predicted molar refractivity (Wildman–Crippen MR) is 69.4 cm³/mol. The van der Waals surface area contributed by atoms with E-state index in [1.807, 2.05) is 14.1 Å². The van der Waals surface area contributed by atoms with E-state index in [4.69, 9.17) is 0 Å². The number of aryl methyl sites for hydroxylation is 1. The molecule has 1 heterocycles. The lowest BCUT2D eigenvalue weighted by Gasteiger charge is -2.43. The lowest BCUT2D eigenvalue weighted by atomic mass is 9.72. The molecule has 2 atom stereocenters. The molecule has 1 fully saturated rings. The number of hydrogen-bond acceptors (Lipinski definition) is 4. The Hall–Kier alpha value is -1.23. The van der Waals surface area contributed by atoms with Crippen LogP contribution in [0.5, 0.6) is 0 Å². The van der Waals surface area contributed by atoms with Crippen molar-refractivity contribution in [3.05, 3.63) is 11.9 Å². The molecule has 5 nitrogen and oxygen atoms in total. The number of Topliss-reactive ketones (excluding diaryl/α,β-unsaturated/α-hetero) is 1. The maximum absolute atomic E-state index is 12.8. The number of ketones is 1. The van der Waals surface area contributed by atoms with Gasteiger partial charge in [0.15, 0.2) is 0 Å². The van der Waals surface area contributed by atoms with Crippen molar-refractivity contribution in [2.24, 2.45) is 13.0 Å². The van der Waals surface area contributed by atoms with Crippen molar-refractivity contribution in [2.75, 3.05) is 14.1 Å². The first-order valence-corrected chi connectivity index (χ1v) is 6.54. The molecule has 0 aromatic carbocycles. The van der Waals surface area contributed by atoms with Crippen molar-refractivity contribution < 1.29 is 4.79 Å². The van der Waals surface area contributed by atoms with Crippen molar-refractivity contribution in [3.8, 4) is 0 Å². The molecule has 2 rings (SSSR count). The van der Waals surface area contributed by atoms with Crippen LogP contribution in [0, 0.1) is 5.92 Å². The van der Waals surface area contributed by atoms with Gasteiger partial charge in [-0.1, -0.05) is 25.0 Å². The second kappa shape index (κ2) is 4.80. The molecule has 100 valence electrons. The van der Waals surface area contributed by atoms with Crippen LogP contribution >= 0.6 is 0 Å².